The van der Waals surface area contributed by atoms with Crippen LogP contribution in [0.2, 0.25) is 0 Å². The van der Waals surface area contributed by atoms with Crippen LogP contribution in [0.5, 0.6) is 0 Å². The predicted molar refractivity (Wildman–Crippen MR) is 150 cm³/mol. The number of nitrogens with zero attached hydrogens (tertiary/aromatic N) is 2. The number of carbonyl (C=O) groups excluding carboxylic acids is 3. The second-order valence-electron chi connectivity index (χ2n) is 12.0. The van der Waals surface area contributed by atoms with Gasteiger partial charge in [-0.05, 0) is 79.4 Å². The van der Waals surface area contributed by atoms with Gasteiger partial charge >= 0.3 is 18.0 Å². The van der Waals surface area contributed by atoms with E-state index < -0.39 is 61.4 Å². The van der Waals surface area contributed by atoms with Crippen LogP contribution < -0.4 is 5.32 Å². The molecule has 0 spiro atoms. The van der Waals surface area contributed by atoms with Gasteiger partial charge in [0.25, 0.3) is 15.7 Å². The molecule has 0 heterocycles. The van der Waals surface area contributed by atoms with Crippen molar-refractivity contribution in [1.82, 2.24) is 5.32 Å². The number of nitro benzene ring substituents is 1. The molecule has 228 valence electrons. The molecule has 1 aromatic rings. The first-order chi connectivity index (χ1) is 18.8. The van der Waals surface area contributed by atoms with Crippen molar-refractivity contribution in [2.75, 3.05) is 12.4 Å². The first-order valence-electron chi connectivity index (χ1n) is 13.2. The number of non-ortho nitro benzene ring substituents is 1. The van der Waals surface area contributed by atoms with Crippen molar-refractivity contribution < 1.29 is 41.9 Å². The van der Waals surface area contributed by atoms with E-state index in [2.05, 4.69) is 9.71 Å². The number of rotatable bonds is 12. The zero-order valence-electron chi connectivity index (χ0n) is 24.3. The van der Waals surface area contributed by atoms with Gasteiger partial charge in [0.2, 0.25) is 0 Å². The number of hydrogen-bond acceptors (Lipinski definition) is 10. The van der Waals surface area contributed by atoms with Crippen molar-refractivity contribution in [2.24, 2.45) is 9.81 Å². The molecule has 2 rings (SSSR count). The summed E-state index contributed by atoms with van der Waals surface area (Å²) in [7, 11) is -4.01. The first kappa shape index (κ1) is 33.7. The van der Waals surface area contributed by atoms with Gasteiger partial charge in [0.15, 0.2) is 0 Å². The highest BCUT2D eigenvalue weighted by Crippen LogP contribution is 2.43. The van der Waals surface area contributed by atoms with Crippen LogP contribution in [0, 0.1) is 15.5 Å². The molecule has 0 bridgehead atoms. The van der Waals surface area contributed by atoms with Crippen LogP contribution in [0.4, 0.5) is 10.5 Å². The molecule has 0 radical (unpaired) electrons. The maximum atomic E-state index is 12.6. The Hall–Kier alpha value is -3.55. The molecule has 1 saturated carbocycles. The molecular weight excluding hydrogens is 558 g/mol. The molecule has 1 N–H and O–H groups in total. The number of esters is 2. The summed E-state index contributed by atoms with van der Waals surface area (Å²) in [5.41, 5.74) is -2.13. The number of ether oxygens (including phenoxy) is 3. The monoisotopic (exact) mass is 597 g/mol. The normalized spacial score (nSPS) is 15.9. The topological polar surface area (TPSA) is 181 Å². The van der Waals surface area contributed by atoms with Crippen LogP contribution in [-0.2, 0) is 29.0 Å². The van der Waals surface area contributed by atoms with Crippen LogP contribution in [0.25, 0.3) is 0 Å². The lowest BCUT2D eigenvalue weighted by molar-refractivity contribution is -0.384. The van der Waals surface area contributed by atoms with Crippen LogP contribution in [0.3, 0.4) is 0 Å². The lowest BCUT2D eigenvalue weighted by Gasteiger charge is -2.40. The van der Waals surface area contributed by atoms with Crippen molar-refractivity contribution in [1.29, 1.82) is 0 Å². The van der Waals surface area contributed by atoms with E-state index in [4.69, 9.17) is 14.2 Å². The number of sulfonamides is 1. The summed E-state index contributed by atoms with van der Waals surface area (Å²) in [6.07, 6.45) is 2.61. The van der Waals surface area contributed by atoms with Gasteiger partial charge in [-0.2, -0.15) is 4.40 Å². The maximum Gasteiger partial charge on any atom is 0.408 e. The van der Waals surface area contributed by atoms with Gasteiger partial charge in [0, 0.05) is 23.8 Å². The summed E-state index contributed by atoms with van der Waals surface area (Å²) in [5, 5.41) is 13.2. The Kier molecular flexibility index (Phi) is 11.0. The van der Waals surface area contributed by atoms with Crippen molar-refractivity contribution in [3.8, 4) is 0 Å². The van der Waals surface area contributed by atoms with Crippen LogP contribution in [0.15, 0.2) is 28.7 Å². The van der Waals surface area contributed by atoms with E-state index in [1.807, 2.05) is 0 Å². The van der Waals surface area contributed by atoms with E-state index in [9.17, 15) is 32.9 Å². The molecule has 1 atom stereocenters. The average Bonchev–Trinajstić information content (AvgIpc) is 2.80. The molecule has 0 unspecified atom stereocenters. The van der Waals surface area contributed by atoms with Gasteiger partial charge in [-0.1, -0.05) is 6.42 Å². The zero-order chi connectivity index (χ0) is 31.1. The van der Waals surface area contributed by atoms with Crippen LogP contribution in [0.1, 0.15) is 84.0 Å². The number of benzene rings is 1. The van der Waals surface area contributed by atoms with E-state index in [0.29, 0.717) is 12.8 Å². The number of alkyl carbamates (subject to hydrolysis) is 1. The van der Waals surface area contributed by atoms with E-state index >= 15 is 0 Å². The number of carbonyl (C=O) groups is 3. The Morgan fingerprint density at radius 3 is 2.15 bits per heavy atom. The molecular formula is C27H39N3O10S. The molecule has 1 aliphatic rings. The first-order valence-corrected chi connectivity index (χ1v) is 14.8. The molecule has 14 heteroatoms. The number of amides is 1. The molecule has 1 aliphatic carbocycles. The quantitative estimate of drug-likeness (QED) is 0.120. The minimum absolute atomic E-state index is 0.0371. The van der Waals surface area contributed by atoms with Crippen molar-refractivity contribution in [2.45, 2.75) is 90.9 Å². The summed E-state index contributed by atoms with van der Waals surface area (Å²) in [6, 6.07) is 3.77. The van der Waals surface area contributed by atoms with Gasteiger partial charge < -0.3 is 19.5 Å². The fourth-order valence-corrected chi connectivity index (χ4v) is 4.78. The van der Waals surface area contributed by atoms with E-state index in [0.717, 1.165) is 6.42 Å². The Morgan fingerprint density at radius 1 is 1.07 bits per heavy atom. The maximum absolute atomic E-state index is 12.6. The molecule has 13 nitrogen and oxygen atoms in total. The molecule has 1 fully saturated rings. The molecule has 41 heavy (non-hydrogen) atoms. The minimum Gasteiger partial charge on any atom is -0.461 e. The highest BCUT2D eigenvalue weighted by molar-refractivity contribution is 7.90. The third kappa shape index (κ3) is 11.8. The van der Waals surface area contributed by atoms with Gasteiger partial charge in [-0.25, -0.2) is 22.8 Å². The lowest BCUT2D eigenvalue weighted by Crippen LogP contribution is -2.46. The largest absolute Gasteiger partial charge is 0.461 e. The van der Waals surface area contributed by atoms with Gasteiger partial charge in [0.05, 0.1) is 22.8 Å². The fraction of sp³-hybridized carbons (Fsp3) is 0.630. The zero-order valence-corrected chi connectivity index (χ0v) is 25.1. The van der Waals surface area contributed by atoms with Crippen molar-refractivity contribution in [3.63, 3.8) is 0 Å². The second-order valence-corrected chi connectivity index (χ2v) is 13.8. The molecule has 0 saturated heterocycles. The number of hydrogen-bond donors (Lipinski definition) is 1. The van der Waals surface area contributed by atoms with E-state index in [-0.39, 0.29) is 30.7 Å². The second kappa shape index (κ2) is 13.4. The summed E-state index contributed by atoms with van der Waals surface area (Å²) < 4.78 is 44.9. The van der Waals surface area contributed by atoms with Gasteiger partial charge in [-0.15, -0.1) is 0 Å². The van der Waals surface area contributed by atoms with Crippen LogP contribution >= 0.6 is 0 Å². The average molecular weight is 598 g/mol. The molecule has 0 aromatic heterocycles. The Bertz CT molecular complexity index is 1240. The van der Waals surface area contributed by atoms with E-state index in [1.54, 1.807) is 41.5 Å². The minimum atomic E-state index is -4.01. The summed E-state index contributed by atoms with van der Waals surface area (Å²) in [4.78, 5) is 47.5. The lowest BCUT2D eigenvalue weighted by atomic mass is 9.67. The van der Waals surface area contributed by atoms with Crippen molar-refractivity contribution >= 4 is 40.0 Å². The standard InChI is InChI=1S/C27H39N3O10S/c1-25(2,3)39-23(32)21(29-24(33)40-26(4,5)6)12-17-41(36,37)28-16-15-27(13-7-14-27)18-38-22(31)19-8-10-20(11-9-19)30(34)35/h8-11,16,21H,7,12-15,17-18H2,1-6H3,(H,29,33)/t21-/m0/s1. The smallest absolute Gasteiger partial charge is 0.408 e. The van der Waals surface area contributed by atoms with Gasteiger partial charge in [0.1, 0.15) is 17.2 Å². The summed E-state index contributed by atoms with van der Waals surface area (Å²) >= 11 is 0. The molecule has 1 amide bonds. The van der Waals surface area contributed by atoms with Crippen LogP contribution in [-0.4, -0.2) is 67.2 Å². The SMILES string of the molecule is CC(C)(C)OC(=O)N[C@@H](CCS(=O)(=O)N=CCC1(COC(=O)c2ccc([N+](=O)[O-])cc2)CCC1)C(=O)OC(C)(C)C. The van der Waals surface area contributed by atoms with Gasteiger partial charge in [-0.3, -0.25) is 10.1 Å². The predicted octanol–water partition coefficient (Wildman–Crippen LogP) is 4.34. The van der Waals surface area contributed by atoms with E-state index in [1.165, 1.54) is 30.5 Å². The van der Waals surface area contributed by atoms with Crippen molar-refractivity contribution in [3.05, 3.63) is 39.9 Å². The summed E-state index contributed by atoms with van der Waals surface area (Å²) in [5.74, 6) is -1.97. The Labute approximate surface area is 240 Å². The number of nitrogens with one attached hydrogen (secondary N) is 1. The fourth-order valence-electron chi connectivity index (χ4n) is 3.84. The number of nitro groups is 1. The molecule has 1 aromatic carbocycles. The Balaban J connectivity index is 1.98. The highest BCUT2D eigenvalue weighted by atomic mass is 32.2. The third-order valence-corrected chi connectivity index (χ3v) is 7.27. The molecule has 0 aliphatic heterocycles. The highest BCUT2D eigenvalue weighted by Gasteiger charge is 2.38. The Morgan fingerprint density at radius 2 is 1.66 bits per heavy atom. The summed E-state index contributed by atoms with van der Waals surface area (Å²) in [6.45, 7) is 9.94. The third-order valence-electron chi connectivity index (χ3n) is 6.04.